The Bertz CT molecular complexity index is 361. The highest BCUT2D eigenvalue weighted by Gasteiger charge is 2.28. The minimum Gasteiger partial charge on any atom is -0.392 e. The first-order valence-corrected chi connectivity index (χ1v) is 4.82. The van der Waals surface area contributed by atoms with Gasteiger partial charge in [-0.1, -0.05) is 13.8 Å². The smallest absolute Gasteiger partial charge is 0.385 e. The van der Waals surface area contributed by atoms with Gasteiger partial charge in [0.25, 0.3) is 0 Å². The van der Waals surface area contributed by atoms with Crippen molar-refractivity contribution in [2.75, 3.05) is 0 Å². The second-order valence-electron chi connectivity index (χ2n) is 3.59. The van der Waals surface area contributed by atoms with Crippen LogP contribution in [0.4, 0.5) is 5.82 Å². The van der Waals surface area contributed by atoms with Crippen LogP contribution in [0.25, 0.3) is 0 Å². The average Bonchev–Trinajstić information content (AvgIpc) is 2.58. The molecule has 6 heteroatoms. The predicted octanol–water partition coefficient (Wildman–Crippen LogP) is 1.20. The molecule has 0 fully saturated rings. The van der Waals surface area contributed by atoms with Crippen molar-refractivity contribution >= 4 is 5.82 Å². The van der Waals surface area contributed by atoms with Crippen LogP contribution >= 0.6 is 0 Å². The van der Waals surface area contributed by atoms with Gasteiger partial charge in [-0.25, -0.2) is 0 Å². The van der Waals surface area contributed by atoms with Crippen molar-refractivity contribution in [1.29, 1.82) is 0 Å². The van der Waals surface area contributed by atoms with Gasteiger partial charge < -0.3 is 19.8 Å². The number of aromatic nitrogens is 2. The van der Waals surface area contributed by atoms with E-state index in [1.165, 1.54) is 6.33 Å². The summed E-state index contributed by atoms with van der Waals surface area (Å²) in [5.41, 5.74) is 0.467. The van der Waals surface area contributed by atoms with E-state index >= 15 is 0 Å². The van der Waals surface area contributed by atoms with Crippen molar-refractivity contribution < 1.29 is 10.0 Å². The molecule has 2 atom stereocenters. The molecule has 0 spiro atoms. The van der Waals surface area contributed by atoms with Gasteiger partial charge in [0.15, 0.2) is 0 Å². The number of hydrogen-bond donors (Lipinski definition) is 1. The van der Waals surface area contributed by atoms with Crippen LogP contribution in [0.5, 0.6) is 0 Å². The van der Waals surface area contributed by atoms with Crippen LogP contribution < -0.4 is 0 Å². The number of hydrogen-bond acceptors (Lipinski definition) is 4. The molecule has 1 aromatic rings. The molecule has 0 aliphatic carbocycles. The fraction of sp³-hybridized carbons (Fsp3) is 0.667. The summed E-state index contributed by atoms with van der Waals surface area (Å²) < 4.78 is 1.58. The molecule has 1 heterocycles. The summed E-state index contributed by atoms with van der Waals surface area (Å²) in [5, 5.41) is 20.4. The molecular weight excluding hydrogens is 198 g/mol. The van der Waals surface area contributed by atoms with Crippen LogP contribution in [-0.4, -0.2) is 25.7 Å². The first kappa shape index (κ1) is 11.6. The van der Waals surface area contributed by atoms with Gasteiger partial charge in [-0.05, 0) is 16.3 Å². The number of imidazole rings is 1. The van der Waals surface area contributed by atoms with E-state index in [1.54, 1.807) is 18.5 Å². The Hall–Kier alpha value is -1.43. The first-order valence-electron chi connectivity index (χ1n) is 4.82. The summed E-state index contributed by atoms with van der Waals surface area (Å²) >= 11 is 0. The molecule has 15 heavy (non-hydrogen) atoms. The normalized spacial score (nSPS) is 14.9. The van der Waals surface area contributed by atoms with E-state index in [-0.39, 0.29) is 11.7 Å². The number of rotatable bonds is 4. The van der Waals surface area contributed by atoms with Crippen molar-refractivity contribution in [2.24, 2.45) is 7.05 Å². The predicted molar refractivity (Wildman–Crippen MR) is 54.6 cm³/mol. The van der Waals surface area contributed by atoms with Gasteiger partial charge in [0, 0.05) is 13.0 Å². The summed E-state index contributed by atoms with van der Waals surface area (Å²) in [6.45, 7) is 3.60. The van der Waals surface area contributed by atoms with Gasteiger partial charge in [0.05, 0.1) is 6.10 Å². The van der Waals surface area contributed by atoms with Crippen LogP contribution in [0.2, 0.25) is 0 Å². The lowest BCUT2D eigenvalue weighted by atomic mass is 9.98. The van der Waals surface area contributed by atoms with Crippen molar-refractivity contribution in [3.63, 3.8) is 0 Å². The van der Waals surface area contributed by atoms with E-state index in [1.807, 2.05) is 6.92 Å². The summed E-state index contributed by atoms with van der Waals surface area (Å²) in [5.74, 6) is -0.458. The Morgan fingerprint density at radius 2 is 2.33 bits per heavy atom. The van der Waals surface area contributed by atoms with Gasteiger partial charge in [-0.15, -0.1) is 0 Å². The van der Waals surface area contributed by atoms with E-state index in [0.717, 1.165) is 0 Å². The highest BCUT2D eigenvalue weighted by atomic mass is 16.6. The molecule has 1 N–H and O–H groups in total. The van der Waals surface area contributed by atoms with Crippen molar-refractivity contribution in [2.45, 2.75) is 32.3 Å². The van der Waals surface area contributed by atoms with E-state index < -0.39 is 11.0 Å². The summed E-state index contributed by atoms with van der Waals surface area (Å²) in [4.78, 5) is 13.9. The second kappa shape index (κ2) is 4.39. The fourth-order valence-electron chi connectivity index (χ4n) is 1.63. The van der Waals surface area contributed by atoms with Gasteiger partial charge >= 0.3 is 5.82 Å². The summed E-state index contributed by atoms with van der Waals surface area (Å²) in [6, 6.07) is 0. The lowest BCUT2D eigenvalue weighted by Crippen LogP contribution is -2.18. The third-order valence-electron chi connectivity index (χ3n) is 2.56. The van der Waals surface area contributed by atoms with Crippen LogP contribution in [0.15, 0.2) is 6.33 Å². The third-order valence-corrected chi connectivity index (χ3v) is 2.56. The molecule has 6 nitrogen and oxygen atoms in total. The number of aliphatic hydroxyl groups is 1. The molecule has 0 aliphatic rings. The van der Waals surface area contributed by atoms with E-state index in [9.17, 15) is 15.2 Å². The number of aliphatic hydroxyl groups excluding tert-OH is 1. The number of nitrogens with zero attached hydrogens (tertiary/aromatic N) is 3. The van der Waals surface area contributed by atoms with Gasteiger partial charge in [0.1, 0.15) is 5.69 Å². The SMILES string of the molecule is CCC(O)C(C)c1c([N+](=O)[O-])ncn1C. The van der Waals surface area contributed by atoms with Crippen molar-refractivity contribution in [1.82, 2.24) is 9.55 Å². The molecule has 1 aromatic heterocycles. The molecular formula is C9H15N3O3. The molecule has 0 aliphatic heterocycles. The topological polar surface area (TPSA) is 81.2 Å². The highest BCUT2D eigenvalue weighted by Crippen LogP contribution is 2.27. The zero-order valence-electron chi connectivity index (χ0n) is 9.04. The number of nitro groups is 1. The molecule has 84 valence electrons. The molecule has 2 unspecified atom stereocenters. The lowest BCUT2D eigenvalue weighted by Gasteiger charge is -2.16. The molecule has 1 rings (SSSR count). The maximum Gasteiger partial charge on any atom is 0.385 e. The molecule has 0 aromatic carbocycles. The highest BCUT2D eigenvalue weighted by molar-refractivity contribution is 5.30. The summed E-state index contributed by atoms with van der Waals surface area (Å²) in [7, 11) is 1.69. The summed E-state index contributed by atoms with van der Waals surface area (Å²) in [6.07, 6.45) is 1.37. The minimum absolute atomic E-state index is 0.169. The Labute approximate surface area is 87.7 Å². The lowest BCUT2D eigenvalue weighted by molar-refractivity contribution is -0.390. The fourth-order valence-corrected chi connectivity index (χ4v) is 1.63. The largest absolute Gasteiger partial charge is 0.392 e. The first-order chi connectivity index (χ1) is 6.99. The molecule has 0 saturated heterocycles. The van der Waals surface area contributed by atoms with Crippen LogP contribution in [0.1, 0.15) is 31.9 Å². The van der Waals surface area contributed by atoms with E-state index in [4.69, 9.17) is 0 Å². The van der Waals surface area contributed by atoms with E-state index in [0.29, 0.717) is 12.1 Å². The standard InChI is InChI=1S/C9H15N3O3/c1-4-7(13)6(2)8-9(12(14)15)10-5-11(8)3/h5-7,13H,4H2,1-3H3. The Balaban J connectivity index is 3.11. The monoisotopic (exact) mass is 213 g/mol. The maximum absolute atomic E-state index is 10.7. The molecule has 0 radical (unpaired) electrons. The zero-order chi connectivity index (χ0) is 11.6. The van der Waals surface area contributed by atoms with Gasteiger partial charge in [-0.3, -0.25) is 0 Å². The van der Waals surface area contributed by atoms with Crippen LogP contribution in [0.3, 0.4) is 0 Å². The number of aryl methyl sites for hydroxylation is 1. The average molecular weight is 213 g/mol. The quantitative estimate of drug-likeness (QED) is 0.602. The Morgan fingerprint density at radius 3 is 2.80 bits per heavy atom. The molecule has 0 amide bonds. The second-order valence-corrected chi connectivity index (χ2v) is 3.59. The van der Waals surface area contributed by atoms with Crippen molar-refractivity contribution in [3.8, 4) is 0 Å². The maximum atomic E-state index is 10.7. The molecule has 0 saturated carbocycles. The van der Waals surface area contributed by atoms with Gasteiger partial charge in [-0.2, -0.15) is 0 Å². The minimum atomic E-state index is -0.584. The Kier molecular flexibility index (Phi) is 3.41. The van der Waals surface area contributed by atoms with Gasteiger partial charge in [0.2, 0.25) is 6.33 Å². The van der Waals surface area contributed by atoms with E-state index in [2.05, 4.69) is 4.98 Å². The zero-order valence-corrected chi connectivity index (χ0v) is 9.04. The Morgan fingerprint density at radius 1 is 1.73 bits per heavy atom. The third kappa shape index (κ3) is 2.15. The van der Waals surface area contributed by atoms with Crippen molar-refractivity contribution in [3.05, 3.63) is 22.1 Å². The van der Waals surface area contributed by atoms with Crippen LogP contribution in [-0.2, 0) is 7.05 Å². The molecule has 0 bridgehead atoms. The van der Waals surface area contributed by atoms with Crippen LogP contribution in [0, 0.1) is 10.1 Å².